The van der Waals surface area contributed by atoms with E-state index in [1.807, 2.05) is 0 Å². The molecule has 8 nitrogen and oxygen atoms in total. The Labute approximate surface area is 148 Å². The molecule has 3 aromatic rings. The molecule has 0 radical (unpaired) electrons. The Morgan fingerprint density at radius 2 is 2.16 bits per heavy atom. The zero-order valence-corrected chi connectivity index (χ0v) is 14.7. The van der Waals surface area contributed by atoms with Crippen LogP contribution in [0.3, 0.4) is 0 Å². The number of carbonyl (C=O) groups is 1. The van der Waals surface area contributed by atoms with E-state index in [4.69, 9.17) is 4.42 Å². The van der Waals surface area contributed by atoms with Gasteiger partial charge >= 0.3 is 0 Å². The number of hydrogen-bond acceptors (Lipinski definition) is 7. The zero-order valence-electron chi connectivity index (χ0n) is 13.1. The molecule has 1 aromatic carbocycles. The maximum Gasteiger partial charge on any atom is 0.257 e. The lowest BCUT2D eigenvalue weighted by Gasteiger charge is -2.10. The van der Waals surface area contributed by atoms with Gasteiger partial charge in [0.1, 0.15) is 11.3 Å². The van der Waals surface area contributed by atoms with E-state index < -0.39 is 15.9 Å². The average molecular weight is 378 g/mol. The van der Waals surface area contributed by atoms with E-state index in [9.17, 15) is 13.2 Å². The molecule has 0 aliphatic heterocycles. The average Bonchev–Trinajstić information content (AvgIpc) is 3.26. The van der Waals surface area contributed by atoms with E-state index in [1.165, 1.54) is 35.2 Å². The summed E-state index contributed by atoms with van der Waals surface area (Å²) in [5.74, 6) is 0.0438. The number of nitrogens with zero attached hydrogens (tertiary/aromatic N) is 2. The highest BCUT2D eigenvalue weighted by Crippen LogP contribution is 2.18. The first-order valence-electron chi connectivity index (χ1n) is 7.16. The first-order valence-corrected chi connectivity index (χ1v) is 9.52. The van der Waals surface area contributed by atoms with E-state index >= 15 is 0 Å². The van der Waals surface area contributed by atoms with Crippen LogP contribution in [0.2, 0.25) is 0 Å². The van der Waals surface area contributed by atoms with Crippen molar-refractivity contribution in [2.45, 2.75) is 18.4 Å². The van der Waals surface area contributed by atoms with Crippen LogP contribution in [-0.2, 0) is 16.6 Å². The van der Waals surface area contributed by atoms with Crippen molar-refractivity contribution in [2.24, 2.45) is 0 Å². The minimum absolute atomic E-state index is 0.00734. The minimum atomic E-state index is -3.79. The van der Waals surface area contributed by atoms with E-state index in [0.717, 1.165) is 0 Å². The monoisotopic (exact) mass is 378 g/mol. The smallest absolute Gasteiger partial charge is 0.257 e. The van der Waals surface area contributed by atoms with Gasteiger partial charge in [0.2, 0.25) is 15.2 Å². The van der Waals surface area contributed by atoms with Crippen molar-refractivity contribution in [3.05, 3.63) is 59.0 Å². The van der Waals surface area contributed by atoms with Gasteiger partial charge in [-0.25, -0.2) is 13.1 Å². The Kier molecular flexibility index (Phi) is 4.93. The standard InChI is InChI=1S/C15H14N4O4S2/c1-10-4-5-12(25(21,22)17-8-11-3-2-6-23-11)7-13(10)14(20)18-15-19-16-9-24-15/h2-7,9,17H,8H2,1H3,(H,18,19,20). The second-order valence-electron chi connectivity index (χ2n) is 5.08. The molecule has 2 N–H and O–H groups in total. The first kappa shape index (κ1) is 17.3. The number of aromatic nitrogens is 2. The third-order valence-electron chi connectivity index (χ3n) is 3.36. The Bertz CT molecular complexity index is 967. The zero-order chi connectivity index (χ0) is 17.9. The van der Waals surface area contributed by atoms with Crippen molar-refractivity contribution in [2.75, 3.05) is 5.32 Å². The fourth-order valence-corrected chi connectivity index (χ4v) is 3.53. The number of rotatable bonds is 6. The number of benzene rings is 1. The highest BCUT2D eigenvalue weighted by molar-refractivity contribution is 7.89. The number of sulfonamides is 1. The maximum absolute atomic E-state index is 12.4. The lowest BCUT2D eigenvalue weighted by Crippen LogP contribution is -2.24. The van der Waals surface area contributed by atoms with Crippen LogP contribution in [0.4, 0.5) is 5.13 Å². The Balaban J connectivity index is 1.81. The molecule has 0 spiro atoms. The van der Waals surface area contributed by atoms with Gasteiger partial charge in [-0.15, -0.1) is 10.2 Å². The molecule has 25 heavy (non-hydrogen) atoms. The summed E-state index contributed by atoms with van der Waals surface area (Å²) in [6.07, 6.45) is 1.46. The van der Waals surface area contributed by atoms with Gasteiger partial charge in [0.05, 0.1) is 17.7 Å². The third-order valence-corrected chi connectivity index (χ3v) is 5.37. The van der Waals surface area contributed by atoms with Crippen molar-refractivity contribution in [1.29, 1.82) is 0 Å². The molecule has 10 heteroatoms. The fourth-order valence-electron chi connectivity index (χ4n) is 2.07. The van der Waals surface area contributed by atoms with Crippen molar-refractivity contribution < 1.29 is 17.6 Å². The molecule has 0 unspecified atom stereocenters. The van der Waals surface area contributed by atoms with Gasteiger partial charge in [-0.2, -0.15) is 0 Å². The number of anilines is 1. The number of nitrogens with one attached hydrogen (secondary N) is 2. The molecule has 2 aromatic heterocycles. The van der Waals surface area contributed by atoms with Crippen LogP contribution in [0, 0.1) is 6.92 Å². The van der Waals surface area contributed by atoms with E-state index in [1.54, 1.807) is 25.1 Å². The summed E-state index contributed by atoms with van der Waals surface area (Å²) in [5.41, 5.74) is 2.38. The summed E-state index contributed by atoms with van der Waals surface area (Å²) in [4.78, 5) is 12.3. The molecule has 0 bridgehead atoms. The van der Waals surface area contributed by atoms with Crippen LogP contribution in [0.15, 0.2) is 51.4 Å². The molecule has 130 valence electrons. The van der Waals surface area contributed by atoms with Gasteiger partial charge in [0.25, 0.3) is 5.91 Å². The molecular weight excluding hydrogens is 364 g/mol. The third kappa shape index (κ3) is 4.10. The van der Waals surface area contributed by atoms with Crippen molar-refractivity contribution in [1.82, 2.24) is 14.9 Å². The first-order chi connectivity index (χ1) is 12.0. The quantitative estimate of drug-likeness (QED) is 0.679. The van der Waals surface area contributed by atoms with Crippen LogP contribution in [0.1, 0.15) is 21.7 Å². The number of hydrogen-bond donors (Lipinski definition) is 2. The second kappa shape index (κ2) is 7.13. The molecule has 0 saturated heterocycles. The summed E-state index contributed by atoms with van der Waals surface area (Å²) in [7, 11) is -3.79. The second-order valence-corrected chi connectivity index (χ2v) is 7.68. The van der Waals surface area contributed by atoms with Crippen molar-refractivity contribution in [3.63, 3.8) is 0 Å². The van der Waals surface area contributed by atoms with Gasteiger partial charge in [-0.1, -0.05) is 17.4 Å². The van der Waals surface area contributed by atoms with E-state index in [2.05, 4.69) is 20.2 Å². The minimum Gasteiger partial charge on any atom is -0.468 e. The summed E-state index contributed by atoms with van der Waals surface area (Å²) in [5, 5.41) is 10.3. The summed E-state index contributed by atoms with van der Waals surface area (Å²) < 4.78 is 32.4. The highest BCUT2D eigenvalue weighted by atomic mass is 32.2. The van der Waals surface area contributed by atoms with Gasteiger partial charge in [-0.05, 0) is 36.8 Å². The topological polar surface area (TPSA) is 114 Å². The summed E-state index contributed by atoms with van der Waals surface area (Å²) in [6, 6.07) is 7.69. The van der Waals surface area contributed by atoms with Crippen molar-refractivity contribution in [3.8, 4) is 0 Å². The van der Waals surface area contributed by atoms with Crippen LogP contribution >= 0.6 is 11.3 Å². The summed E-state index contributed by atoms with van der Waals surface area (Å²) >= 11 is 1.17. The SMILES string of the molecule is Cc1ccc(S(=O)(=O)NCc2ccco2)cc1C(=O)Nc1nncs1. The highest BCUT2D eigenvalue weighted by Gasteiger charge is 2.19. The lowest BCUT2D eigenvalue weighted by molar-refractivity contribution is 0.102. The Morgan fingerprint density at radius 3 is 2.84 bits per heavy atom. The summed E-state index contributed by atoms with van der Waals surface area (Å²) in [6.45, 7) is 1.75. The largest absolute Gasteiger partial charge is 0.468 e. The molecule has 0 aliphatic rings. The van der Waals surface area contributed by atoms with Gasteiger partial charge in [0.15, 0.2) is 0 Å². The molecule has 3 rings (SSSR count). The predicted octanol–water partition coefficient (Wildman–Crippen LogP) is 2.17. The fraction of sp³-hybridized carbons (Fsp3) is 0.133. The molecule has 0 saturated carbocycles. The molecule has 1 amide bonds. The van der Waals surface area contributed by atoms with Crippen molar-refractivity contribution >= 4 is 32.4 Å². The molecule has 2 heterocycles. The lowest BCUT2D eigenvalue weighted by atomic mass is 10.1. The predicted molar refractivity (Wildman–Crippen MR) is 91.8 cm³/mol. The van der Waals surface area contributed by atoms with Gasteiger partial charge in [-0.3, -0.25) is 10.1 Å². The molecule has 0 fully saturated rings. The number of aryl methyl sites for hydroxylation is 1. The maximum atomic E-state index is 12.4. The van der Waals surface area contributed by atoms with Gasteiger partial charge in [0, 0.05) is 5.56 Å². The van der Waals surface area contributed by atoms with Crippen LogP contribution in [0.25, 0.3) is 0 Å². The van der Waals surface area contributed by atoms with E-state index in [0.29, 0.717) is 16.5 Å². The van der Waals surface area contributed by atoms with Crippen LogP contribution in [-0.4, -0.2) is 24.5 Å². The number of carbonyl (C=O) groups excluding carboxylic acids is 1. The molecular formula is C15H14N4O4S2. The van der Waals surface area contributed by atoms with Gasteiger partial charge < -0.3 is 4.42 Å². The van der Waals surface area contributed by atoms with Crippen LogP contribution < -0.4 is 10.0 Å². The molecule has 0 aliphatic carbocycles. The Hall–Kier alpha value is -2.56. The Morgan fingerprint density at radius 1 is 1.32 bits per heavy atom. The number of furan rings is 1. The van der Waals surface area contributed by atoms with Crippen LogP contribution in [0.5, 0.6) is 0 Å². The number of amides is 1. The normalized spacial score (nSPS) is 11.4. The van der Waals surface area contributed by atoms with E-state index in [-0.39, 0.29) is 17.0 Å². The molecule has 0 atom stereocenters.